The Morgan fingerprint density at radius 3 is 2.69 bits per heavy atom. The quantitative estimate of drug-likeness (QED) is 0.209. The number of nitrogens with one attached hydrogen (secondary N) is 1. The van der Waals surface area contributed by atoms with Gasteiger partial charge in [-0.2, -0.15) is 0 Å². The van der Waals surface area contributed by atoms with Gasteiger partial charge in [-0.15, -0.1) is 0 Å². The Bertz CT molecular complexity index is 2080. The number of aryl methyl sites for hydroxylation is 1. The molecule has 248 valence electrons. The number of nitrogens with two attached hydrogens (primary N) is 1. The van der Waals surface area contributed by atoms with Gasteiger partial charge in [0.15, 0.2) is 5.82 Å². The summed E-state index contributed by atoms with van der Waals surface area (Å²) in [7, 11) is 3.62. The van der Waals surface area contributed by atoms with Crippen LogP contribution in [-0.2, 0) is 13.6 Å². The predicted molar refractivity (Wildman–Crippen MR) is 184 cm³/mol. The molecular weight excluding hydrogens is 628 g/mol. The largest absolute Gasteiger partial charge is 0.494 e. The summed E-state index contributed by atoms with van der Waals surface area (Å²) in [4.78, 5) is 43.0. The first-order valence-corrected chi connectivity index (χ1v) is 17.1. The number of rotatable bonds is 8. The fourth-order valence-electron chi connectivity index (χ4n) is 7.63. The van der Waals surface area contributed by atoms with E-state index in [4.69, 9.17) is 32.0 Å². The highest BCUT2D eigenvalue weighted by atomic mass is 35.5. The molecule has 12 heteroatoms. The van der Waals surface area contributed by atoms with Gasteiger partial charge in [-0.25, -0.2) is 15.0 Å². The van der Waals surface area contributed by atoms with Crippen molar-refractivity contribution in [2.75, 3.05) is 13.7 Å². The van der Waals surface area contributed by atoms with Gasteiger partial charge in [-0.3, -0.25) is 9.59 Å². The number of piperidine rings is 1. The first-order chi connectivity index (χ1) is 23.2. The Balaban J connectivity index is 1.16. The molecular formula is C36H39ClN8O3. The minimum atomic E-state index is -0.345. The number of ether oxygens (including phenoxy) is 1. The van der Waals surface area contributed by atoms with Crippen molar-refractivity contribution in [3.8, 4) is 17.3 Å². The van der Waals surface area contributed by atoms with Crippen LogP contribution in [-0.4, -0.2) is 66.5 Å². The van der Waals surface area contributed by atoms with E-state index in [9.17, 15) is 9.59 Å². The third-order valence-corrected chi connectivity index (χ3v) is 10.7. The first kappa shape index (κ1) is 30.8. The third-order valence-electron chi connectivity index (χ3n) is 10.5. The topological polar surface area (TPSA) is 133 Å². The number of carbonyl (C=O) groups is 2. The second-order valence-corrected chi connectivity index (χ2v) is 14.1. The predicted octanol–water partition coefficient (Wildman–Crippen LogP) is 5.50. The number of halogens is 1. The van der Waals surface area contributed by atoms with Crippen LogP contribution in [0.3, 0.4) is 0 Å². The molecule has 2 amide bonds. The Hall–Kier alpha value is -4.48. The highest BCUT2D eigenvalue weighted by Gasteiger charge is 2.41. The molecule has 0 radical (unpaired) electrons. The highest BCUT2D eigenvalue weighted by molar-refractivity contribution is 6.29. The fourth-order valence-corrected chi connectivity index (χ4v) is 7.81. The van der Waals surface area contributed by atoms with Crippen LogP contribution in [0.1, 0.15) is 71.5 Å². The lowest BCUT2D eigenvalue weighted by atomic mass is 9.94. The van der Waals surface area contributed by atoms with Gasteiger partial charge < -0.3 is 29.8 Å². The molecule has 0 unspecified atom stereocenters. The summed E-state index contributed by atoms with van der Waals surface area (Å²) in [5, 5.41) is 4.29. The molecule has 8 rings (SSSR count). The van der Waals surface area contributed by atoms with E-state index in [1.807, 2.05) is 47.7 Å². The summed E-state index contributed by atoms with van der Waals surface area (Å²) in [5.41, 5.74) is 11.5. The van der Waals surface area contributed by atoms with Crippen molar-refractivity contribution in [3.05, 3.63) is 70.6 Å². The van der Waals surface area contributed by atoms with Crippen LogP contribution in [0.2, 0.25) is 5.15 Å². The van der Waals surface area contributed by atoms with Crippen molar-refractivity contribution >= 4 is 45.5 Å². The monoisotopic (exact) mass is 666 g/mol. The molecule has 48 heavy (non-hydrogen) atoms. The average molecular weight is 667 g/mol. The van der Waals surface area contributed by atoms with E-state index in [2.05, 4.69) is 20.9 Å². The number of hydrogen-bond acceptors (Lipinski definition) is 7. The number of imidazole rings is 1. The van der Waals surface area contributed by atoms with Gasteiger partial charge in [0.05, 0.1) is 30.1 Å². The van der Waals surface area contributed by atoms with Crippen molar-refractivity contribution in [1.82, 2.24) is 34.3 Å². The van der Waals surface area contributed by atoms with E-state index >= 15 is 0 Å². The van der Waals surface area contributed by atoms with E-state index in [1.54, 1.807) is 19.2 Å². The number of aromatic nitrogens is 5. The van der Waals surface area contributed by atoms with Gasteiger partial charge in [-0.1, -0.05) is 11.6 Å². The van der Waals surface area contributed by atoms with Crippen LogP contribution in [0.25, 0.3) is 33.6 Å². The zero-order chi connectivity index (χ0) is 33.3. The Morgan fingerprint density at radius 1 is 1.08 bits per heavy atom. The van der Waals surface area contributed by atoms with Crippen LogP contribution in [0, 0.1) is 11.8 Å². The zero-order valence-corrected chi connectivity index (χ0v) is 28.1. The molecule has 2 saturated carbocycles. The molecule has 11 nitrogen and oxygen atoms in total. The van der Waals surface area contributed by atoms with Crippen LogP contribution in [0.15, 0.2) is 48.7 Å². The second-order valence-electron chi connectivity index (χ2n) is 13.7. The Labute approximate surface area is 283 Å². The summed E-state index contributed by atoms with van der Waals surface area (Å²) in [6, 6.07) is 12.9. The number of benzene rings is 1. The first-order valence-electron chi connectivity index (χ1n) is 16.7. The number of likely N-dealkylation sites (tertiary alicyclic amines) is 1. The van der Waals surface area contributed by atoms with Gasteiger partial charge in [0.1, 0.15) is 22.1 Å². The number of hydrogen-bond donors (Lipinski definition) is 2. The maximum Gasteiger partial charge on any atom is 0.254 e. The minimum Gasteiger partial charge on any atom is -0.494 e. The standard InChI is InChI=1S/C36H39ClN8O3/c1-19(40-35(46)23-10-11-39-31(37)16-23)27-9-7-22-14-29(45(33(22)41-27)17-20-4-5-20)34-42-28-13-24(15-30(48-3)32(28)43(34)2)36(47)44-18-26(38)21-6-8-25(44)12-21/h7,9-11,13-16,19-21,25-26H,4-6,8,12,17-18,38H2,1-3H3,(H,40,46)/t19-,21-,25+,26+/m1/s1. The maximum absolute atomic E-state index is 13.9. The average Bonchev–Trinajstić information content (AvgIpc) is 3.55. The Kier molecular flexibility index (Phi) is 7.64. The number of nitrogens with zero attached hydrogens (tertiary/aromatic N) is 6. The molecule has 2 bridgehead atoms. The lowest BCUT2D eigenvalue weighted by Crippen LogP contribution is -2.51. The van der Waals surface area contributed by atoms with Gasteiger partial charge in [0, 0.05) is 54.9 Å². The molecule has 4 atom stereocenters. The molecule has 1 saturated heterocycles. The van der Waals surface area contributed by atoms with Crippen LogP contribution in [0.5, 0.6) is 5.75 Å². The van der Waals surface area contributed by atoms with E-state index < -0.39 is 0 Å². The summed E-state index contributed by atoms with van der Waals surface area (Å²) >= 11 is 6.01. The van der Waals surface area contributed by atoms with Gasteiger partial charge in [0.25, 0.3) is 11.8 Å². The number of pyridine rings is 2. The van der Waals surface area contributed by atoms with Crippen molar-refractivity contribution in [1.29, 1.82) is 0 Å². The second kappa shape index (κ2) is 11.9. The molecule has 5 aromatic rings. The molecule has 2 aliphatic carbocycles. The van der Waals surface area contributed by atoms with Crippen LogP contribution in [0.4, 0.5) is 0 Å². The summed E-state index contributed by atoms with van der Waals surface area (Å²) in [6.07, 6.45) is 6.92. The fraction of sp³-hybridized carbons (Fsp3) is 0.417. The van der Waals surface area contributed by atoms with E-state index in [-0.39, 0.29) is 35.1 Å². The maximum atomic E-state index is 13.9. The van der Waals surface area contributed by atoms with Crippen molar-refractivity contribution in [2.24, 2.45) is 24.6 Å². The van der Waals surface area contributed by atoms with Crippen molar-refractivity contribution in [2.45, 2.75) is 63.7 Å². The van der Waals surface area contributed by atoms with E-state index in [0.717, 1.165) is 59.6 Å². The smallest absolute Gasteiger partial charge is 0.254 e. The molecule has 5 heterocycles. The van der Waals surface area contributed by atoms with Gasteiger partial charge in [0.2, 0.25) is 0 Å². The molecule has 1 aromatic carbocycles. The molecule has 1 aliphatic heterocycles. The van der Waals surface area contributed by atoms with Crippen LogP contribution < -0.4 is 15.8 Å². The SMILES string of the molecule is COc1cc(C(=O)N2C[C@H](N)[C@@H]3CC[C@H]2C3)cc2nc(-c3cc4ccc([C@@H](C)NC(=O)c5ccnc(Cl)c5)nc4n3CC3CC3)n(C)c12. The number of amides is 2. The third kappa shape index (κ3) is 5.38. The summed E-state index contributed by atoms with van der Waals surface area (Å²) in [6.45, 7) is 3.31. The van der Waals surface area contributed by atoms with Crippen molar-refractivity contribution in [3.63, 3.8) is 0 Å². The Morgan fingerprint density at radius 2 is 1.92 bits per heavy atom. The molecule has 3 N–H and O–H groups in total. The zero-order valence-electron chi connectivity index (χ0n) is 27.3. The lowest BCUT2D eigenvalue weighted by molar-refractivity contribution is 0.0603. The highest BCUT2D eigenvalue weighted by Crippen LogP contribution is 2.40. The number of methoxy groups -OCH3 is 1. The van der Waals surface area contributed by atoms with Crippen molar-refractivity contribution < 1.29 is 14.3 Å². The van der Waals surface area contributed by atoms with Crippen LogP contribution >= 0.6 is 11.6 Å². The number of fused-ring (bicyclic) bond motifs is 4. The van der Waals surface area contributed by atoms with E-state index in [1.165, 1.54) is 19.0 Å². The molecule has 3 aliphatic rings. The van der Waals surface area contributed by atoms with Gasteiger partial charge in [-0.05, 0) is 93.3 Å². The summed E-state index contributed by atoms with van der Waals surface area (Å²) < 4.78 is 10.2. The van der Waals surface area contributed by atoms with Gasteiger partial charge >= 0.3 is 0 Å². The summed E-state index contributed by atoms with van der Waals surface area (Å²) in [5.74, 6) is 2.19. The lowest BCUT2D eigenvalue weighted by Gasteiger charge is -2.37. The van der Waals surface area contributed by atoms with E-state index in [0.29, 0.717) is 40.8 Å². The number of carbonyl (C=O) groups excluding carboxylic acids is 2. The molecule has 3 fully saturated rings. The minimum absolute atomic E-state index is 0.0158. The molecule has 0 spiro atoms. The molecule has 4 aromatic heterocycles. The normalized spacial score (nSPS) is 21.2.